The van der Waals surface area contributed by atoms with E-state index in [1.807, 2.05) is 70.2 Å². The number of anilines is 1. The van der Waals surface area contributed by atoms with E-state index in [1.54, 1.807) is 24.3 Å². The van der Waals surface area contributed by atoms with Crippen LogP contribution in [-0.2, 0) is 32.6 Å². The molecule has 7 nitrogen and oxygen atoms in total. The second-order valence-electron chi connectivity index (χ2n) is 10.7. The number of hydrogen-bond acceptors (Lipinski definition) is 4. The molecule has 2 amide bonds. The molecule has 1 N–H and O–H groups in total. The quantitative estimate of drug-likeness (QED) is 0.302. The monoisotopic (exact) mass is 581 g/mol. The van der Waals surface area contributed by atoms with E-state index in [0.717, 1.165) is 22.9 Å². The van der Waals surface area contributed by atoms with Crippen LogP contribution < -0.4 is 9.62 Å². The number of rotatable bonds is 13. The van der Waals surface area contributed by atoms with Gasteiger partial charge in [0.25, 0.3) is 0 Å². The van der Waals surface area contributed by atoms with Crippen molar-refractivity contribution in [2.24, 2.45) is 0 Å². The van der Waals surface area contributed by atoms with Gasteiger partial charge in [0.05, 0.1) is 11.9 Å². The van der Waals surface area contributed by atoms with Crippen molar-refractivity contribution in [3.05, 3.63) is 101 Å². The molecular formula is C32H40FN3O4S. The van der Waals surface area contributed by atoms with Crippen LogP contribution >= 0.6 is 0 Å². The lowest BCUT2D eigenvalue weighted by molar-refractivity contribution is -0.141. The van der Waals surface area contributed by atoms with Gasteiger partial charge in [0, 0.05) is 37.5 Å². The van der Waals surface area contributed by atoms with Crippen LogP contribution in [-0.4, -0.2) is 50.0 Å². The first-order valence-electron chi connectivity index (χ1n) is 13.8. The Morgan fingerprint density at radius 2 is 1.59 bits per heavy atom. The number of nitrogens with zero attached hydrogens (tertiary/aromatic N) is 2. The third kappa shape index (κ3) is 9.14. The number of hydrogen-bond donors (Lipinski definition) is 1. The zero-order valence-electron chi connectivity index (χ0n) is 24.4. The number of nitrogens with one attached hydrogen (secondary N) is 1. The number of carbonyl (C=O) groups excluding carboxylic acids is 2. The van der Waals surface area contributed by atoms with Crippen LogP contribution in [0.2, 0.25) is 0 Å². The third-order valence-corrected chi connectivity index (χ3v) is 8.13. The first-order chi connectivity index (χ1) is 19.4. The fraction of sp³-hybridized carbons (Fsp3) is 0.375. The Bertz CT molecular complexity index is 1440. The molecule has 0 radical (unpaired) electrons. The second kappa shape index (κ2) is 14.3. The van der Waals surface area contributed by atoms with E-state index >= 15 is 0 Å². The minimum atomic E-state index is -3.61. The normalized spacial score (nSPS) is 12.2. The molecule has 0 spiro atoms. The molecule has 0 aliphatic carbocycles. The minimum absolute atomic E-state index is 0.0223. The molecule has 0 heterocycles. The third-order valence-electron chi connectivity index (χ3n) is 6.93. The van der Waals surface area contributed by atoms with Crippen LogP contribution in [0.5, 0.6) is 0 Å². The van der Waals surface area contributed by atoms with Crippen molar-refractivity contribution >= 4 is 27.5 Å². The molecule has 3 aromatic rings. The lowest BCUT2D eigenvalue weighted by atomic mass is 10.0. The van der Waals surface area contributed by atoms with Crippen molar-refractivity contribution < 1.29 is 22.4 Å². The summed E-state index contributed by atoms with van der Waals surface area (Å²) in [7, 11) is -3.61. The van der Waals surface area contributed by atoms with Crippen molar-refractivity contribution in [3.8, 4) is 0 Å². The molecule has 0 unspecified atom stereocenters. The Hall–Kier alpha value is -3.72. The number of halogens is 1. The number of amides is 2. The van der Waals surface area contributed by atoms with Crippen LogP contribution in [0, 0.1) is 19.7 Å². The van der Waals surface area contributed by atoms with Gasteiger partial charge in [-0.05, 0) is 69.0 Å². The predicted molar refractivity (Wildman–Crippen MR) is 162 cm³/mol. The molecule has 9 heteroatoms. The maximum absolute atomic E-state index is 14.7. The summed E-state index contributed by atoms with van der Waals surface area (Å²) < 4.78 is 41.3. The average Bonchev–Trinajstić information content (AvgIpc) is 2.90. The van der Waals surface area contributed by atoms with Crippen LogP contribution in [0.1, 0.15) is 48.9 Å². The molecule has 0 saturated carbocycles. The van der Waals surface area contributed by atoms with Gasteiger partial charge in [0.2, 0.25) is 21.8 Å². The molecule has 0 aliphatic rings. The number of benzene rings is 3. The highest BCUT2D eigenvalue weighted by Gasteiger charge is 2.31. The Morgan fingerprint density at radius 3 is 2.20 bits per heavy atom. The smallest absolute Gasteiger partial charge is 0.243 e. The van der Waals surface area contributed by atoms with Crippen LogP contribution in [0.4, 0.5) is 10.1 Å². The maximum Gasteiger partial charge on any atom is 0.243 e. The summed E-state index contributed by atoms with van der Waals surface area (Å²) in [5, 5.41) is 2.91. The second-order valence-corrected chi connectivity index (χ2v) is 12.6. The largest absolute Gasteiger partial charge is 0.352 e. The summed E-state index contributed by atoms with van der Waals surface area (Å²) >= 11 is 0. The highest BCUT2D eigenvalue weighted by Crippen LogP contribution is 2.23. The zero-order chi connectivity index (χ0) is 30.2. The minimum Gasteiger partial charge on any atom is -0.352 e. The number of sulfonamides is 1. The lowest BCUT2D eigenvalue weighted by Crippen LogP contribution is -2.52. The van der Waals surface area contributed by atoms with Gasteiger partial charge in [-0.2, -0.15) is 0 Å². The Labute approximate surface area is 243 Å². The van der Waals surface area contributed by atoms with E-state index in [1.165, 1.54) is 15.3 Å². The van der Waals surface area contributed by atoms with Gasteiger partial charge in [-0.15, -0.1) is 0 Å². The van der Waals surface area contributed by atoms with Crippen LogP contribution in [0.3, 0.4) is 0 Å². The van der Waals surface area contributed by atoms with Gasteiger partial charge >= 0.3 is 0 Å². The maximum atomic E-state index is 14.7. The van der Waals surface area contributed by atoms with Gasteiger partial charge < -0.3 is 10.2 Å². The zero-order valence-corrected chi connectivity index (χ0v) is 25.2. The molecule has 41 heavy (non-hydrogen) atoms. The van der Waals surface area contributed by atoms with Crippen LogP contribution in [0.15, 0.2) is 72.8 Å². The highest BCUT2D eigenvalue weighted by molar-refractivity contribution is 7.92. The summed E-state index contributed by atoms with van der Waals surface area (Å²) in [5.41, 5.74) is 3.70. The van der Waals surface area contributed by atoms with E-state index in [9.17, 15) is 22.4 Å². The van der Waals surface area contributed by atoms with Gasteiger partial charge in [0.1, 0.15) is 11.9 Å². The lowest BCUT2D eigenvalue weighted by Gasteiger charge is -2.32. The van der Waals surface area contributed by atoms with E-state index in [4.69, 9.17) is 0 Å². The predicted octanol–water partition coefficient (Wildman–Crippen LogP) is 5.15. The van der Waals surface area contributed by atoms with Crippen LogP contribution in [0.25, 0.3) is 0 Å². The fourth-order valence-electron chi connectivity index (χ4n) is 4.63. The fourth-order valence-corrected chi connectivity index (χ4v) is 5.59. The molecule has 220 valence electrons. The van der Waals surface area contributed by atoms with Gasteiger partial charge in [0.15, 0.2) is 0 Å². The van der Waals surface area contributed by atoms with Crippen molar-refractivity contribution in [1.29, 1.82) is 0 Å². The van der Waals surface area contributed by atoms with Crippen molar-refractivity contribution in [2.75, 3.05) is 17.1 Å². The number of carbonyl (C=O) groups is 2. The first-order valence-corrected chi connectivity index (χ1v) is 15.6. The molecule has 3 rings (SSSR count). The van der Waals surface area contributed by atoms with E-state index in [-0.39, 0.29) is 50.2 Å². The Morgan fingerprint density at radius 1 is 0.927 bits per heavy atom. The molecule has 1 atom stereocenters. The molecule has 0 fully saturated rings. The average molecular weight is 582 g/mol. The van der Waals surface area contributed by atoms with E-state index in [2.05, 4.69) is 5.32 Å². The molecule has 3 aromatic carbocycles. The summed E-state index contributed by atoms with van der Waals surface area (Å²) in [4.78, 5) is 28.7. The standard InChI is InChI=1S/C32H40FN3O4S/c1-23(2)34-32(38)30(21-26-12-7-6-8-13-26)35(22-27-14-9-10-15-29(27)33)31(37)16-11-19-36(41(5,39)40)28-18-17-24(3)25(4)20-28/h6-10,12-15,17-18,20,23,30H,11,16,19,21-22H2,1-5H3,(H,34,38)/t30-/m1/s1. The summed E-state index contributed by atoms with van der Waals surface area (Å²) in [6, 6.07) is 19.9. The first kappa shape index (κ1) is 31.8. The van der Waals surface area contributed by atoms with Crippen molar-refractivity contribution in [1.82, 2.24) is 10.2 Å². The van der Waals surface area contributed by atoms with E-state index < -0.39 is 21.9 Å². The number of aryl methyl sites for hydroxylation is 2. The highest BCUT2D eigenvalue weighted by atomic mass is 32.2. The van der Waals surface area contributed by atoms with Gasteiger partial charge in [-0.25, -0.2) is 12.8 Å². The summed E-state index contributed by atoms with van der Waals surface area (Å²) in [6.45, 7) is 7.54. The molecule has 0 aromatic heterocycles. The molecule has 0 saturated heterocycles. The van der Waals surface area contributed by atoms with Crippen molar-refractivity contribution in [2.45, 2.75) is 65.6 Å². The Balaban J connectivity index is 1.89. The van der Waals surface area contributed by atoms with Gasteiger partial charge in [-0.3, -0.25) is 13.9 Å². The SMILES string of the molecule is Cc1ccc(N(CCCC(=O)N(Cc2ccccc2F)[C@H](Cc2ccccc2)C(=O)NC(C)C)S(C)(=O)=O)cc1C. The summed E-state index contributed by atoms with van der Waals surface area (Å²) in [5.74, 6) is -1.16. The molecular weight excluding hydrogens is 541 g/mol. The Kier molecular flexibility index (Phi) is 11.1. The van der Waals surface area contributed by atoms with E-state index in [0.29, 0.717) is 11.3 Å². The topological polar surface area (TPSA) is 86.8 Å². The van der Waals surface area contributed by atoms with Crippen molar-refractivity contribution in [3.63, 3.8) is 0 Å². The molecule has 0 aliphatic heterocycles. The summed E-state index contributed by atoms with van der Waals surface area (Å²) in [6.07, 6.45) is 1.58. The molecule has 0 bridgehead atoms. The van der Waals surface area contributed by atoms with Gasteiger partial charge in [-0.1, -0.05) is 54.6 Å².